The highest BCUT2D eigenvalue weighted by Crippen LogP contribution is 2.21. The van der Waals surface area contributed by atoms with E-state index in [4.69, 9.17) is 5.73 Å². The zero-order valence-electron chi connectivity index (χ0n) is 9.11. The molecule has 2 aromatic rings. The van der Waals surface area contributed by atoms with Gasteiger partial charge in [0.25, 0.3) is 5.91 Å². The van der Waals surface area contributed by atoms with Crippen molar-refractivity contribution < 1.29 is 4.79 Å². The summed E-state index contributed by atoms with van der Waals surface area (Å²) < 4.78 is 1.03. The molecule has 2 aromatic heterocycles. The van der Waals surface area contributed by atoms with E-state index in [1.807, 2.05) is 11.4 Å². The summed E-state index contributed by atoms with van der Waals surface area (Å²) in [6.07, 6.45) is 1.43. The Bertz CT molecular complexity index is 536. The molecule has 2 rings (SSSR count). The van der Waals surface area contributed by atoms with Crippen LogP contribution >= 0.6 is 27.3 Å². The molecule has 7 heteroatoms. The molecule has 0 aromatic carbocycles. The highest BCUT2D eigenvalue weighted by atomic mass is 79.9. The van der Waals surface area contributed by atoms with Gasteiger partial charge in [-0.2, -0.15) is 5.10 Å². The van der Waals surface area contributed by atoms with Crippen LogP contribution in [0.25, 0.3) is 0 Å². The number of hydrogen-bond donors (Lipinski definition) is 2. The van der Waals surface area contributed by atoms with Crippen LogP contribution in [0.2, 0.25) is 0 Å². The number of carbonyl (C=O) groups is 1. The fourth-order valence-electron chi connectivity index (χ4n) is 1.40. The van der Waals surface area contributed by atoms with Crippen molar-refractivity contribution in [3.63, 3.8) is 0 Å². The normalized spacial score (nSPS) is 10.5. The Morgan fingerprint density at radius 3 is 3.00 bits per heavy atom. The van der Waals surface area contributed by atoms with Gasteiger partial charge in [-0.15, -0.1) is 11.3 Å². The highest BCUT2D eigenvalue weighted by Gasteiger charge is 2.17. The molecule has 0 unspecified atom stereocenters. The van der Waals surface area contributed by atoms with Crippen molar-refractivity contribution in [2.45, 2.75) is 6.54 Å². The lowest BCUT2D eigenvalue weighted by molar-refractivity contribution is 0.0781. The van der Waals surface area contributed by atoms with Crippen LogP contribution in [0.4, 0.5) is 5.69 Å². The number of nitrogens with two attached hydrogens (primary N) is 1. The SMILES string of the molecule is CN(Cc1cc(Br)cs1)C(=O)c1[nH]ncc1N. The van der Waals surface area contributed by atoms with Crippen molar-refractivity contribution >= 4 is 38.9 Å². The fraction of sp³-hybridized carbons (Fsp3) is 0.200. The van der Waals surface area contributed by atoms with Crippen molar-refractivity contribution in [2.24, 2.45) is 0 Å². The maximum atomic E-state index is 12.0. The van der Waals surface area contributed by atoms with E-state index in [1.165, 1.54) is 6.20 Å². The van der Waals surface area contributed by atoms with Crippen molar-refractivity contribution in [1.82, 2.24) is 15.1 Å². The smallest absolute Gasteiger partial charge is 0.274 e. The molecule has 90 valence electrons. The number of rotatable bonds is 3. The number of anilines is 1. The third-order valence-corrected chi connectivity index (χ3v) is 3.93. The van der Waals surface area contributed by atoms with Gasteiger partial charge in [0.2, 0.25) is 0 Å². The van der Waals surface area contributed by atoms with Gasteiger partial charge in [0.1, 0.15) is 5.69 Å². The molecule has 0 atom stereocenters. The summed E-state index contributed by atoms with van der Waals surface area (Å²) in [4.78, 5) is 14.7. The summed E-state index contributed by atoms with van der Waals surface area (Å²) in [6, 6.07) is 1.99. The number of H-pyrrole nitrogens is 1. The largest absolute Gasteiger partial charge is 0.396 e. The molecular weight excluding hydrogens is 304 g/mol. The van der Waals surface area contributed by atoms with Crippen molar-refractivity contribution in [3.8, 4) is 0 Å². The molecule has 1 amide bonds. The van der Waals surface area contributed by atoms with E-state index in [-0.39, 0.29) is 5.91 Å². The Morgan fingerprint density at radius 2 is 2.47 bits per heavy atom. The monoisotopic (exact) mass is 314 g/mol. The van der Waals surface area contributed by atoms with Gasteiger partial charge in [-0.1, -0.05) is 0 Å². The molecule has 5 nitrogen and oxygen atoms in total. The van der Waals surface area contributed by atoms with Crippen molar-refractivity contribution in [1.29, 1.82) is 0 Å². The van der Waals surface area contributed by atoms with Gasteiger partial charge in [0.05, 0.1) is 18.4 Å². The van der Waals surface area contributed by atoms with Gasteiger partial charge < -0.3 is 10.6 Å². The third kappa shape index (κ3) is 2.67. The molecule has 0 aliphatic carbocycles. The Labute approximate surface area is 111 Å². The summed E-state index contributed by atoms with van der Waals surface area (Å²) >= 11 is 4.98. The summed E-state index contributed by atoms with van der Waals surface area (Å²) in [5, 5.41) is 8.32. The molecule has 0 bridgehead atoms. The number of aromatic nitrogens is 2. The predicted molar refractivity (Wildman–Crippen MR) is 70.8 cm³/mol. The zero-order valence-corrected chi connectivity index (χ0v) is 11.5. The first-order valence-electron chi connectivity index (χ1n) is 4.85. The lowest BCUT2D eigenvalue weighted by atomic mass is 10.3. The minimum Gasteiger partial charge on any atom is -0.396 e. The predicted octanol–water partition coefficient (Wildman–Crippen LogP) is 2.09. The van der Waals surface area contributed by atoms with E-state index in [1.54, 1.807) is 23.3 Å². The molecule has 0 fully saturated rings. The summed E-state index contributed by atoms with van der Waals surface area (Å²) in [5.74, 6) is -0.162. The summed E-state index contributed by atoms with van der Waals surface area (Å²) in [6.45, 7) is 0.549. The summed E-state index contributed by atoms with van der Waals surface area (Å²) in [7, 11) is 1.73. The average molecular weight is 315 g/mol. The maximum Gasteiger partial charge on any atom is 0.274 e. The number of aromatic amines is 1. The molecule has 3 N–H and O–H groups in total. The summed E-state index contributed by atoms with van der Waals surface area (Å²) in [5.41, 5.74) is 6.34. The van der Waals surface area contributed by atoms with Crippen LogP contribution in [-0.4, -0.2) is 28.1 Å². The molecule has 0 saturated carbocycles. The number of nitrogens with zero attached hydrogens (tertiary/aromatic N) is 2. The number of nitrogen functional groups attached to an aromatic ring is 1. The van der Waals surface area contributed by atoms with Gasteiger partial charge in [-0.3, -0.25) is 9.89 Å². The fourth-order valence-corrected chi connectivity index (χ4v) is 2.90. The van der Waals surface area contributed by atoms with E-state index >= 15 is 0 Å². The van der Waals surface area contributed by atoms with Crippen molar-refractivity contribution in [2.75, 3.05) is 12.8 Å². The van der Waals surface area contributed by atoms with Gasteiger partial charge in [0, 0.05) is 21.8 Å². The Hall–Kier alpha value is -1.34. The van der Waals surface area contributed by atoms with E-state index in [0.29, 0.717) is 17.9 Å². The van der Waals surface area contributed by atoms with Crippen LogP contribution in [0.5, 0.6) is 0 Å². The molecule has 0 aliphatic heterocycles. The molecule has 0 saturated heterocycles. The molecule has 0 radical (unpaired) electrons. The molecule has 17 heavy (non-hydrogen) atoms. The molecule has 2 heterocycles. The molecule has 0 aliphatic rings. The maximum absolute atomic E-state index is 12.0. The van der Waals surface area contributed by atoms with Crippen LogP contribution in [0.1, 0.15) is 15.4 Å². The minimum atomic E-state index is -0.162. The second-order valence-electron chi connectivity index (χ2n) is 3.59. The third-order valence-electron chi connectivity index (χ3n) is 2.24. The van der Waals surface area contributed by atoms with Gasteiger partial charge >= 0.3 is 0 Å². The number of thiophene rings is 1. The van der Waals surface area contributed by atoms with E-state index in [0.717, 1.165) is 9.35 Å². The number of nitrogens with one attached hydrogen (secondary N) is 1. The first-order chi connectivity index (χ1) is 8.08. The number of carbonyl (C=O) groups excluding carboxylic acids is 1. The van der Waals surface area contributed by atoms with Crippen molar-refractivity contribution in [3.05, 3.63) is 32.7 Å². The van der Waals surface area contributed by atoms with E-state index in [9.17, 15) is 4.79 Å². The Morgan fingerprint density at radius 1 is 1.71 bits per heavy atom. The first kappa shape index (κ1) is 12.1. The Balaban J connectivity index is 2.08. The zero-order chi connectivity index (χ0) is 12.4. The number of halogens is 1. The Kier molecular flexibility index (Phi) is 3.49. The minimum absolute atomic E-state index is 0.162. The van der Waals surface area contributed by atoms with Crippen LogP contribution in [0.15, 0.2) is 22.1 Å². The standard InChI is InChI=1S/C10H11BrN4OS/c1-15(4-7-2-6(11)5-17-7)10(16)9-8(12)3-13-14-9/h2-3,5H,4,12H2,1H3,(H,13,14). The van der Waals surface area contributed by atoms with Crippen LogP contribution in [0, 0.1) is 0 Å². The van der Waals surface area contributed by atoms with Gasteiger partial charge in [-0.05, 0) is 22.0 Å². The molecular formula is C10H11BrN4OS. The molecule has 0 spiro atoms. The van der Waals surface area contributed by atoms with Crippen LogP contribution in [-0.2, 0) is 6.54 Å². The number of amides is 1. The van der Waals surface area contributed by atoms with Crippen LogP contribution in [0.3, 0.4) is 0 Å². The van der Waals surface area contributed by atoms with Gasteiger partial charge in [-0.25, -0.2) is 0 Å². The van der Waals surface area contributed by atoms with E-state index in [2.05, 4.69) is 26.1 Å². The highest BCUT2D eigenvalue weighted by molar-refractivity contribution is 9.10. The lowest BCUT2D eigenvalue weighted by Crippen LogP contribution is -2.26. The quantitative estimate of drug-likeness (QED) is 0.911. The average Bonchev–Trinajstić information content (AvgIpc) is 2.86. The topological polar surface area (TPSA) is 75.0 Å². The van der Waals surface area contributed by atoms with E-state index < -0.39 is 0 Å². The number of hydrogen-bond acceptors (Lipinski definition) is 4. The second kappa shape index (κ2) is 4.89. The lowest BCUT2D eigenvalue weighted by Gasteiger charge is -2.15. The van der Waals surface area contributed by atoms with Crippen LogP contribution < -0.4 is 5.73 Å². The first-order valence-corrected chi connectivity index (χ1v) is 6.52. The second-order valence-corrected chi connectivity index (χ2v) is 5.50. The van der Waals surface area contributed by atoms with Gasteiger partial charge in [0.15, 0.2) is 0 Å².